The number of nitrogens with zero attached hydrogens (tertiary/aromatic N) is 2. The third-order valence-electron chi connectivity index (χ3n) is 3.49. The third kappa shape index (κ3) is 5.63. The Morgan fingerprint density at radius 2 is 1.81 bits per heavy atom. The van der Waals surface area contributed by atoms with Crippen molar-refractivity contribution in [3.8, 4) is 11.9 Å². The lowest BCUT2D eigenvalue weighted by molar-refractivity contribution is -0.137. The van der Waals surface area contributed by atoms with Crippen LogP contribution in [-0.4, -0.2) is 18.2 Å². The van der Waals surface area contributed by atoms with Crippen LogP contribution >= 0.6 is 0 Å². The van der Waals surface area contributed by atoms with Crippen molar-refractivity contribution in [3.63, 3.8) is 0 Å². The molecule has 0 fully saturated rings. The number of nitrogen functional groups attached to an aromatic ring is 1. The first-order valence-corrected chi connectivity index (χ1v) is 7.94. The number of halogens is 3. The molecule has 2 rings (SSSR count). The van der Waals surface area contributed by atoms with Crippen LogP contribution in [0.4, 0.5) is 19.0 Å². The summed E-state index contributed by atoms with van der Waals surface area (Å²) in [5, 5.41) is 8.81. The smallest absolute Gasteiger partial charge is 0.418 e. The summed E-state index contributed by atoms with van der Waals surface area (Å²) in [5.74, 6) is -0.748. The largest absolute Gasteiger partial charge is 0.478 e. The lowest BCUT2D eigenvalue weighted by Gasteiger charge is -2.13. The number of ether oxygens (including phenoxy) is 2. The number of pyridine rings is 1. The zero-order valence-electron chi connectivity index (χ0n) is 13.9. The molecule has 2 N–H and O–H groups in total. The number of anilines is 1. The quantitative estimate of drug-likeness (QED) is 0.717. The molecule has 0 amide bonds. The van der Waals surface area contributed by atoms with E-state index in [2.05, 4.69) is 4.98 Å². The van der Waals surface area contributed by atoms with E-state index in [9.17, 15) is 13.2 Å². The number of hydrogen-bond donors (Lipinski definition) is 1. The second kappa shape index (κ2) is 9.06. The van der Waals surface area contributed by atoms with E-state index >= 15 is 0 Å². The minimum Gasteiger partial charge on any atom is -0.478 e. The van der Waals surface area contributed by atoms with Crippen molar-refractivity contribution in [3.05, 3.63) is 53.1 Å². The monoisotopic (exact) mass is 365 g/mol. The number of benzene rings is 1. The van der Waals surface area contributed by atoms with Gasteiger partial charge >= 0.3 is 6.18 Å². The molecule has 1 aromatic heterocycles. The third-order valence-corrected chi connectivity index (χ3v) is 3.49. The van der Waals surface area contributed by atoms with Crippen LogP contribution in [-0.2, 0) is 17.5 Å². The van der Waals surface area contributed by atoms with Gasteiger partial charge in [-0.3, -0.25) is 0 Å². The minimum atomic E-state index is -4.70. The average Bonchev–Trinajstić information content (AvgIpc) is 2.60. The zero-order valence-corrected chi connectivity index (χ0v) is 13.9. The van der Waals surface area contributed by atoms with Gasteiger partial charge < -0.3 is 15.2 Å². The first kappa shape index (κ1) is 19.5. The number of hydrogen-bond acceptors (Lipinski definition) is 5. The Kier molecular flexibility index (Phi) is 6.81. The topological polar surface area (TPSA) is 81.2 Å². The summed E-state index contributed by atoms with van der Waals surface area (Å²) < 4.78 is 49.6. The number of rotatable bonds is 8. The highest BCUT2D eigenvalue weighted by molar-refractivity contribution is 5.55. The van der Waals surface area contributed by atoms with E-state index in [1.807, 2.05) is 30.3 Å². The maximum atomic E-state index is 13.0. The molecule has 0 atom stereocenters. The molecule has 0 aliphatic carbocycles. The minimum absolute atomic E-state index is 0.171. The molecule has 0 aliphatic rings. The van der Waals surface area contributed by atoms with Crippen LogP contribution < -0.4 is 10.5 Å². The maximum Gasteiger partial charge on any atom is 0.418 e. The zero-order chi connectivity index (χ0) is 19.0. The van der Waals surface area contributed by atoms with Crippen LogP contribution in [0.1, 0.15) is 29.5 Å². The molecule has 26 heavy (non-hydrogen) atoms. The predicted molar refractivity (Wildman–Crippen MR) is 89.2 cm³/mol. The molecular formula is C18H18F3N3O2. The van der Waals surface area contributed by atoms with Crippen LogP contribution in [0, 0.1) is 11.3 Å². The maximum absolute atomic E-state index is 13.0. The predicted octanol–water partition coefficient (Wildman–Crippen LogP) is 3.93. The Hall–Kier alpha value is -2.79. The molecule has 0 saturated carbocycles. The summed E-state index contributed by atoms with van der Waals surface area (Å²) in [6.07, 6.45) is -3.44. The summed E-state index contributed by atoms with van der Waals surface area (Å²) in [4.78, 5) is 3.69. The van der Waals surface area contributed by atoms with Gasteiger partial charge in [0.1, 0.15) is 17.5 Å². The van der Waals surface area contributed by atoms with Crippen molar-refractivity contribution in [1.29, 1.82) is 5.26 Å². The molecule has 2 aromatic rings. The van der Waals surface area contributed by atoms with Gasteiger partial charge in [0.05, 0.1) is 18.8 Å². The van der Waals surface area contributed by atoms with Gasteiger partial charge in [-0.25, -0.2) is 0 Å². The molecule has 0 radical (unpaired) electrons. The second-order valence-corrected chi connectivity index (χ2v) is 5.47. The first-order valence-electron chi connectivity index (χ1n) is 7.94. The average molecular weight is 365 g/mol. The van der Waals surface area contributed by atoms with Crippen molar-refractivity contribution in [2.24, 2.45) is 0 Å². The van der Waals surface area contributed by atoms with Gasteiger partial charge in [-0.1, -0.05) is 30.3 Å². The summed E-state index contributed by atoms with van der Waals surface area (Å²) in [7, 11) is 0. The van der Waals surface area contributed by atoms with Crippen molar-refractivity contribution in [1.82, 2.24) is 4.98 Å². The van der Waals surface area contributed by atoms with Crippen molar-refractivity contribution < 1.29 is 22.6 Å². The molecule has 1 aromatic carbocycles. The van der Waals surface area contributed by atoms with Crippen molar-refractivity contribution >= 4 is 5.82 Å². The van der Waals surface area contributed by atoms with E-state index in [1.165, 1.54) is 6.07 Å². The van der Waals surface area contributed by atoms with Crippen molar-refractivity contribution in [2.45, 2.75) is 25.6 Å². The van der Waals surface area contributed by atoms with Crippen LogP contribution in [0.3, 0.4) is 0 Å². The second-order valence-electron chi connectivity index (χ2n) is 5.47. The fraction of sp³-hybridized carbons (Fsp3) is 0.333. The summed E-state index contributed by atoms with van der Waals surface area (Å²) >= 11 is 0. The number of aromatic nitrogens is 1. The highest BCUT2D eigenvalue weighted by atomic mass is 19.4. The molecule has 0 spiro atoms. The lowest BCUT2D eigenvalue weighted by atomic mass is 10.1. The van der Waals surface area contributed by atoms with Crippen LogP contribution in [0.2, 0.25) is 0 Å². The van der Waals surface area contributed by atoms with Gasteiger partial charge in [-0.2, -0.15) is 23.4 Å². The van der Waals surface area contributed by atoms with Crippen molar-refractivity contribution in [2.75, 3.05) is 18.9 Å². The Morgan fingerprint density at radius 3 is 2.46 bits per heavy atom. The summed E-state index contributed by atoms with van der Waals surface area (Å²) in [6.45, 7) is 1.18. The fourth-order valence-electron chi connectivity index (χ4n) is 2.20. The SMILES string of the molecule is N#Cc1c(C(F)(F)F)cc(OCCCCOCc2ccccc2)nc1N. The Bertz CT molecular complexity index is 759. The number of nitrogens with two attached hydrogens (primary N) is 1. The normalized spacial score (nSPS) is 11.2. The summed E-state index contributed by atoms with van der Waals surface area (Å²) in [6, 6.07) is 11.8. The lowest BCUT2D eigenvalue weighted by Crippen LogP contribution is -2.12. The molecule has 0 aliphatic heterocycles. The molecular weight excluding hydrogens is 347 g/mol. The molecule has 8 heteroatoms. The molecule has 0 saturated heterocycles. The van der Waals surface area contributed by atoms with Gasteiger partial charge in [-0.05, 0) is 18.4 Å². The summed E-state index contributed by atoms with van der Waals surface area (Å²) in [5.41, 5.74) is 4.65. The number of nitriles is 1. The van der Waals surface area contributed by atoms with Gasteiger partial charge in [0.15, 0.2) is 0 Å². The van der Waals surface area contributed by atoms with Crippen LogP contribution in [0.5, 0.6) is 5.88 Å². The highest BCUT2D eigenvalue weighted by Crippen LogP contribution is 2.35. The molecule has 1 heterocycles. The van der Waals surface area contributed by atoms with E-state index < -0.39 is 23.1 Å². The fourth-order valence-corrected chi connectivity index (χ4v) is 2.20. The van der Waals surface area contributed by atoms with E-state index in [-0.39, 0.29) is 12.5 Å². The first-order chi connectivity index (χ1) is 12.4. The standard InChI is InChI=1S/C18H18F3N3O2/c19-18(20,21)15-10-16(24-17(23)14(15)11-22)26-9-5-4-8-25-12-13-6-2-1-3-7-13/h1-3,6-7,10H,4-5,8-9,12H2,(H2,23,24). The molecule has 138 valence electrons. The van der Waals surface area contributed by atoms with Crippen LogP contribution in [0.15, 0.2) is 36.4 Å². The van der Waals surface area contributed by atoms with E-state index in [0.717, 1.165) is 5.56 Å². The Morgan fingerprint density at radius 1 is 1.12 bits per heavy atom. The van der Waals surface area contributed by atoms with E-state index in [1.54, 1.807) is 0 Å². The molecule has 0 bridgehead atoms. The number of unbranched alkanes of at least 4 members (excludes halogenated alkanes) is 1. The molecule has 0 unspecified atom stereocenters. The Labute approximate surface area is 149 Å². The Balaban J connectivity index is 1.77. The van der Waals surface area contributed by atoms with Crippen LogP contribution in [0.25, 0.3) is 0 Å². The van der Waals surface area contributed by atoms with E-state index in [0.29, 0.717) is 32.1 Å². The van der Waals surface area contributed by atoms with E-state index in [4.69, 9.17) is 20.5 Å². The number of alkyl halides is 3. The highest BCUT2D eigenvalue weighted by Gasteiger charge is 2.35. The molecule has 5 nitrogen and oxygen atoms in total. The van der Waals surface area contributed by atoms with Gasteiger partial charge in [0.2, 0.25) is 5.88 Å². The van der Waals surface area contributed by atoms with Gasteiger partial charge in [0, 0.05) is 12.7 Å². The van der Waals surface area contributed by atoms with Gasteiger partial charge in [-0.15, -0.1) is 0 Å². The van der Waals surface area contributed by atoms with Gasteiger partial charge in [0.25, 0.3) is 0 Å².